The van der Waals surface area contributed by atoms with E-state index >= 15 is 0 Å². The van der Waals surface area contributed by atoms with Gasteiger partial charge in [0.15, 0.2) is 0 Å². The lowest BCUT2D eigenvalue weighted by Gasteiger charge is -2.12. The molecule has 0 unspecified atom stereocenters. The summed E-state index contributed by atoms with van der Waals surface area (Å²) in [6.07, 6.45) is 1.39. The smallest absolute Gasteiger partial charge is 0.412 e. The molecule has 1 aliphatic rings. The summed E-state index contributed by atoms with van der Waals surface area (Å²) in [4.78, 5) is 22.6. The first-order valence-electron chi connectivity index (χ1n) is 6.70. The van der Waals surface area contributed by atoms with Gasteiger partial charge in [-0.1, -0.05) is 12.1 Å². The van der Waals surface area contributed by atoms with Crippen LogP contribution in [0.1, 0.15) is 19.8 Å². The number of ether oxygens (including phenoxy) is 1. The number of carbonyl (C=O) groups excluding carboxylic acids is 1. The van der Waals surface area contributed by atoms with E-state index in [-0.39, 0.29) is 11.2 Å². The monoisotopic (exact) mass is 285 g/mol. The summed E-state index contributed by atoms with van der Waals surface area (Å²) in [6, 6.07) is 10.2. The third-order valence-corrected chi connectivity index (χ3v) is 3.40. The lowest BCUT2D eigenvalue weighted by molar-refractivity contribution is 0.107. The Hall–Kier alpha value is -2.63. The molecule has 3 rings (SSSR count). The Morgan fingerprint density at radius 3 is 2.52 bits per heavy atom. The van der Waals surface area contributed by atoms with Crippen molar-refractivity contribution in [3.63, 3.8) is 0 Å². The van der Waals surface area contributed by atoms with E-state index in [4.69, 9.17) is 4.74 Å². The van der Waals surface area contributed by atoms with E-state index in [1.807, 2.05) is 19.1 Å². The largest absolute Gasteiger partial charge is 0.443 e. The van der Waals surface area contributed by atoms with Gasteiger partial charge in [-0.15, -0.1) is 0 Å². The van der Waals surface area contributed by atoms with Crippen LogP contribution < -0.4 is 10.9 Å². The first-order chi connectivity index (χ1) is 10.0. The highest BCUT2D eigenvalue weighted by Gasteiger charge is 2.41. The van der Waals surface area contributed by atoms with E-state index < -0.39 is 6.09 Å². The summed E-state index contributed by atoms with van der Waals surface area (Å²) in [5.41, 5.74) is 1.63. The molecule has 2 aromatic rings. The standard InChI is InChI=1S/C15H15N3O3/c1-15(8-9-15)21-14(20)16-11-4-2-10(3-5-11)12-6-7-13(19)18-17-12/h2-7H,8-9H2,1H3,(H,16,20)(H,18,19). The summed E-state index contributed by atoms with van der Waals surface area (Å²) in [5, 5.41) is 9.02. The van der Waals surface area contributed by atoms with Gasteiger partial charge in [-0.2, -0.15) is 5.10 Å². The van der Waals surface area contributed by atoms with Gasteiger partial charge in [0.2, 0.25) is 0 Å². The zero-order chi connectivity index (χ0) is 14.9. The van der Waals surface area contributed by atoms with E-state index in [1.165, 1.54) is 6.07 Å². The molecule has 0 radical (unpaired) electrons. The van der Waals surface area contributed by atoms with Crippen molar-refractivity contribution in [1.29, 1.82) is 0 Å². The van der Waals surface area contributed by atoms with Gasteiger partial charge in [-0.05, 0) is 38.0 Å². The maximum atomic E-state index is 11.7. The maximum Gasteiger partial charge on any atom is 0.412 e. The van der Waals surface area contributed by atoms with Crippen LogP contribution in [0.25, 0.3) is 11.3 Å². The second-order valence-corrected chi connectivity index (χ2v) is 5.35. The molecule has 6 nitrogen and oxygen atoms in total. The predicted molar refractivity (Wildman–Crippen MR) is 78.0 cm³/mol. The van der Waals surface area contributed by atoms with Crippen LogP contribution in [-0.2, 0) is 4.74 Å². The van der Waals surface area contributed by atoms with Gasteiger partial charge in [0.05, 0.1) is 5.69 Å². The number of nitrogens with one attached hydrogen (secondary N) is 2. The summed E-state index contributed by atoms with van der Waals surface area (Å²) in [7, 11) is 0. The second-order valence-electron chi connectivity index (χ2n) is 5.35. The molecule has 6 heteroatoms. The van der Waals surface area contributed by atoms with E-state index in [1.54, 1.807) is 18.2 Å². The van der Waals surface area contributed by atoms with Gasteiger partial charge in [-0.25, -0.2) is 9.89 Å². The molecule has 21 heavy (non-hydrogen) atoms. The number of aromatic amines is 1. The third-order valence-electron chi connectivity index (χ3n) is 3.40. The molecule has 108 valence electrons. The van der Waals surface area contributed by atoms with E-state index in [0.717, 1.165) is 18.4 Å². The number of hydrogen-bond donors (Lipinski definition) is 2. The lowest BCUT2D eigenvalue weighted by Crippen LogP contribution is -2.20. The van der Waals surface area contributed by atoms with E-state index in [0.29, 0.717) is 11.4 Å². The number of benzene rings is 1. The molecular weight excluding hydrogens is 270 g/mol. The molecule has 1 fully saturated rings. The highest BCUT2D eigenvalue weighted by atomic mass is 16.6. The fourth-order valence-electron chi connectivity index (χ4n) is 1.87. The molecule has 0 saturated heterocycles. The number of aromatic nitrogens is 2. The fourth-order valence-corrected chi connectivity index (χ4v) is 1.87. The van der Waals surface area contributed by atoms with Crippen molar-refractivity contribution in [2.45, 2.75) is 25.4 Å². The van der Waals surface area contributed by atoms with Gasteiger partial charge >= 0.3 is 6.09 Å². The van der Waals surface area contributed by atoms with Crippen LogP contribution in [0.3, 0.4) is 0 Å². The number of nitrogens with zero attached hydrogens (tertiary/aromatic N) is 1. The van der Waals surface area contributed by atoms with E-state index in [9.17, 15) is 9.59 Å². The Kier molecular flexibility index (Phi) is 3.21. The fraction of sp³-hybridized carbons (Fsp3) is 0.267. The summed E-state index contributed by atoms with van der Waals surface area (Å²) < 4.78 is 5.28. The molecule has 1 aromatic carbocycles. The Morgan fingerprint density at radius 2 is 1.95 bits per heavy atom. The van der Waals surface area contributed by atoms with Crippen molar-refractivity contribution in [3.8, 4) is 11.3 Å². The van der Waals surface area contributed by atoms with E-state index in [2.05, 4.69) is 15.5 Å². The Labute approximate surface area is 121 Å². The van der Waals surface area contributed by atoms with Crippen molar-refractivity contribution in [2.75, 3.05) is 5.32 Å². The minimum absolute atomic E-state index is 0.242. The molecule has 1 saturated carbocycles. The maximum absolute atomic E-state index is 11.7. The van der Waals surface area contributed by atoms with Crippen molar-refractivity contribution >= 4 is 11.8 Å². The van der Waals surface area contributed by atoms with Crippen LogP contribution in [-0.4, -0.2) is 21.9 Å². The molecule has 2 N–H and O–H groups in total. The SMILES string of the molecule is CC1(OC(=O)Nc2ccc(-c3ccc(=O)[nH]n3)cc2)CC1. The Balaban J connectivity index is 1.67. The lowest BCUT2D eigenvalue weighted by atomic mass is 10.1. The zero-order valence-corrected chi connectivity index (χ0v) is 11.6. The van der Waals surface area contributed by atoms with Crippen molar-refractivity contribution < 1.29 is 9.53 Å². The molecule has 1 aliphatic carbocycles. The van der Waals surface area contributed by atoms with Crippen LogP contribution in [0.15, 0.2) is 41.2 Å². The topological polar surface area (TPSA) is 84.1 Å². The predicted octanol–water partition coefficient (Wildman–Crippen LogP) is 2.54. The number of H-pyrrole nitrogens is 1. The van der Waals surface area contributed by atoms with Crippen LogP contribution in [0.2, 0.25) is 0 Å². The molecule has 1 aromatic heterocycles. The van der Waals surface area contributed by atoms with Crippen LogP contribution in [0, 0.1) is 0 Å². The van der Waals surface area contributed by atoms with Gasteiger partial charge in [-0.3, -0.25) is 10.1 Å². The Bertz CT molecular complexity index is 697. The van der Waals surface area contributed by atoms with Crippen molar-refractivity contribution in [3.05, 3.63) is 46.8 Å². The molecule has 0 aliphatic heterocycles. The number of carbonyl (C=O) groups is 1. The first-order valence-corrected chi connectivity index (χ1v) is 6.70. The number of amides is 1. The van der Waals surface area contributed by atoms with Crippen LogP contribution >= 0.6 is 0 Å². The molecule has 1 amide bonds. The summed E-state index contributed by atoms with van der Waals surface area (Å²) >= 11 is 0. The number of hydrogen-bond acceptors (Lipinski definition) is 4. The van der Waals surface area contributed by atoms with Crippen LogP contribution in [0.5, 0.6) is 0 Å². The van der Waals surface area contributed by atoms with Crippen LogP contribution in [0.4, 0.5) is 10.5 Å². The van der Waals surface area contributed by atoms with Gasteiger partial charge in [0.25, 0.3) is 5.56 Å². The normalized spacial score (nSPS) is 15.3. The molecule has 1 heterocycles. The molecule has 0 spiro atoms. The van der Waals surface area contributed by atoms with Gasteiger partial charge < -0.3 is 4.74 Å². The molecular formula is C15H15N3O3. The highest BCUT2D eigenvalue weighted by Crippen LogP contribution is 2.38. The van der Waals surface area contributed by atoms with Gasteiger partial charge in [0.1, 0.15) is 5.60 Å². The number of anilines is 1. The second kappa shape index (κ2) is 5.05. The average molecular weight is 285 g/mol. The quantitative estimate of drug-likeness (QED) is 0.907. The van der Waals surface area contributed by atoms with Crippen molar-refractivity contribution in [1.82, 2.24) is 10.2 Å². The molecule has 0 atom stereocenters. The third kappa shape index (κ3) is 3.28. The first kappa shape index (κ1) is 13.4. The van der Waals surface area contributed by atoms with Crippen molar-refractivity contribution in [2.24, 2.45) is 0 Å². The summed E-state index contributed by atoms with van der Waals surface area (Å²) in [5.74, 6) is 0. The highest BCUT2D eigenvalue weighted by molar-refractivity contribution is 5.85. The molecule has 0 bridgehead atoms. The number of rotatable bonds is 3. The van der Waals surface area contributed by atoms with Gasteiger partial charge in [0, 0.05) is 17.3 Å². The minimum atomic E-state index is -0.440. The zero-order valence-electron chi connectivity index (χ0n) is 11.6. The minimum Gasteiger partial charge on any atom is -0.443 e. The Morgan fingerprint density at radius 1 is 1.24 bits per heavy atom. The summed E-state index contributed by atoms with van der Waals surface area (Å²) in [6.45, 7) is 1.91. The average Bonchev–Trinajstić information content (AvgIpc) is 3.17.